The van der Waals surface area contributed by atoms with E-state index in [2.05, 4.69) is 12.2 Å². The summed E-state index contributed by atoms with van der Waals surface area (Å²) in [5.41, 5.74) is -2.22. The van der Waals surface area contributed by atoms with Crippen molar-refractivity contribution >= 4 is 23.8 Å². The molecule has 2 aliphatic heterocycles. The molecule has 1 amide bonds. The van der Waals surface area contributed by atoms with Crippen molar-refractivity contribution in [1.82, 2.24) is 5.32 Å². The van der Waals surface area contributed by atoms with E-state index in [0.29, 0.717) is 6.54 Å². The van der Waals surface area contributed by atoms with Crippen molar-refractivity contribution in [2.75, 3.05) is 13.2 Å². The van der Waals surface area contributed by atoms with Crippen LogP contribution >= 0.6 is 0 Å². The molecule has 1 spiro atoms. The van der Waals surface area contributed by atoms with Crippen molar-refractivity contribution in [3.05, 3.63) is 0 Å². The topological polar surface area (TPSA) is 169 Å². The number of carboxylic acid groups (broad SMARTS) is 3. The molecule has 11 heteroatoms. The molecule has 2 heterocycles. The summed E-state index contributed by atoms with van der Waals surface area (Å²) in [7, 11) is 0. The van der Waals surface area contributed by atoms with Gasteiger partial charge in [-0.1, -0.05) is 77.6 Å². The molecular weight excluding hydrogens is 486 g/mol. The lowest BCUT2D eigenvalue weighted by molar-refractivity contribution is -0.344. The molecule has 4 N–H and O–H groups in total. The maximum atomic E-state index is 12.5. The third-order valence-corrected chi connectivity index (χ3v) is 7.08. The van der Waals surface area contributed by atoms with Gasteiger partial charge in [-0.2, -0.15) is 0 Å². The smallest absolute Gasteiger partial charge is 0.339 e. The molecule has 0 aliphatic carbocycles. The summed E-state index contributed by atoms with van der Waals surface area (Å²) < 4.78 is 16.3. The third-order valence-electron chi connectivity index (χ3n) is 7.08. The Labute approximate surface area is 218 Å². The minimum atomic E-state index is -2.22. The second-order valence-electron chi connectivity index (χ2n) is 10.1. The van der Waals surface area contributed by atoms with Crippen LogP contribution in [0.2, 0.25) is 0 Å². The van der Waals surface area contributed by atoms with Crippen LogP contribution in [0.15, 0.2) is 0 Å². The van der Waals surface area contributed by atoms with E-state index < -0.39 is 60.4 Å². The number of hydrogen-bond acceptors (Lipinski definition) is 7. The molecule has 0 aromatic heterocycles. The lowest BCUT2D eigenvalue weighted by Gasteiger charge is -2.45. The van der Waals surface area contributed by atoms with Gasteiger partial charge in [-0.05, 0) is 12.8 Å². The summed E-state index contributed by atoms with van der Waals surface area (Å²) in [4.78, 5) is 47.6. The second kappa shape index (κ2) is 15.2. The van der Waals surface area contributed by atoms with Crippen molar-refractivity contribution < 1.29 is 48.7 Å². The predicted octanol–water partition coefficient (Wildman–Crippen LogP) is 3.48. The van der Waals surface area contributed by atoms with E-state index >= 15 is 0 Å². The van der Waals surface area contributed by atoms with Crippen LogP contribution in [0.1, 0.15) is 103 Å². The summed E-state index contributed by atoms with van der Waals surface area (Å²) >= 11 is 0. The van der Waals surface area contributed by atoms with Crippen LogP contribution in [-0.2, 0) is 33.4 Å². The number of hydrogen-bond donors (Lipinski definition) is 4. The fourth-order valence-electron chi connectivity index (χ4n) is 4.86. The molecule has 11 nitrogen and oxygen atoms in total. The van der Waals surface area contributed by atoms with Crippen molar-refractivity contribution in [3.63, 3.8) is 0 Å². The fourth-order valence-corrected chi connectivity index (χ4v) is 4.86. The zero-order chi connectivity index (χ0) is 27.3. The Kier molecular flexibility index (Phi) is 12.8. The van der Waals surface area contributed by atoms with E-state index in [0.717, 1.165) is 25.7 Å². The number of unbranched alkanes of at least 4 members (excludes halogenated alkanes) is 11. The maximum absolute atomic E-state index is 12.5. The highest BCUT2D eigenvalue weighted by Gasteiger charge is 2.62. The summed E-state index contributed by atoms with van der Waals surface area (Å²) in [6.45, 7) is 1.95. The molecule has 4 atom stereocenters. The highest BCUT2D eigenvalue weighted by atomic mass is 16.8. The van der Waals surface area contributed by atoms with E-state index in [-0.39, 0.29) is 12.8 Å². The van der Waals surface area contributed by atoms with Crippen LogP contribution < -0.4 is 5.32 Å². The highest BCUT2D eigenvalue weighted by Crippen LogP contribution is 2.42. The Morgan fingerprint density at radius 2 is 1.38 bits per heavy atom. The first-order chi connectivity index (χ1) is 17.7. The number of aliphatic carboxylic acids is 3. The van der Waals surface area contributed by atoms with Gasteiger partial charge in [0.15, 0.2) is 11.7 Å². The molecule has 0 aromatic carbocycles. The zero-order valence-electron chi connectivity index (χ0n) is 21.9. The summed E-state index contributed by atoms with van der Waals surface area (Å²) in [5, 5.41) is 31.3. The molecule has 2 aliphatic rings. The van der Waals surface area contributed by atoms with Crippen LogP contribution in [0, 0.1) is 0 Å². The van der Waals surface area contributed by atoms with Crippen LogP contribution in [0.5, 0.6) is 0 Å². The summed E-state index contributed by atoms with van der Waals surface area (Å²) in [5.74, 6) is -6.89. The van der Waals surface area contributed by atoms with Gasteiger partial charge in [0.2, 0.25) is 17.8 Å². The van der Waals surface area contributed by atoms with E-state index in [1.807, 2.05) is 0 Å². The number of rotatable bonds is 18. The standard InChI is InChI=1S/C26H43NO10/c1-2-3-4-5-6-7-8-9-10-11-12-13-16-27-20(28)17-25(24(33)34)18-35-26(21(37-25)23(31)32)15-14-19(36-26)22(29)30/h19,21H,2-18H2,1H3,(H,27,28)(H,29,30)(H,31,32)(H,33,34)/t19-,21+,25+,26-/m1/s1. The van der Waals surface area contributed by atoms with Gasteiger partial charge in [-0.15, -0.1) is 0 Å². The van der Waals surface area contributed by atoms with Crippen molar-refractivity contribution in [2.45, 2.75) is 127 Å². The van der Waals surface area contributed by atoms with Crippen molar-refractivity contribution in [3.8, 4) is 0 Å². The van der Waals surface area contributed by atoms with Gasteiger partial charge < -0.3 is 34.8 Å². The quantitative estimate of drug-likeness (QED) is 0.193. The van der Waals surface area contributed by atoms with Crippen LogP contribution in [-0.4, -0.2) is 75.9 Å². The van der Waals surface area contributed by atoms with Crippen molar-refractivity contribution in [2.24, 2.45) is 0 Å². The minimum Gasteiger partial charge on any atom is -0.479 e. The monoisotopic (exact) mass is 529 g/mol. The van der Waals surface area contributed by atoms with E-state index in [1.165, 1.54) is 51.4 Å². The molecule has 0 radical (unpaired) electrons. The molecule has 0 bridgehead atoms. The number of ether oxygens (including phenoxy) is 3. The van der Waals surface area contributed by atoms with Crippen LogP contribution in [0.25, 0.3) is 0 Å². The number of carbonyl (C=O) groups excluding carboxylic acids is 1. The average molecular weight is 530 g/mol. The number of nitrogens with one attached hydrogen (secondary N) is 1. The summed E-state index contributed by atoms with van der Waals surface area (Å²) in [6.07, 6.45) is 10.3. The average Bonchev–Trinajstić information content (AvgIpc) is 3.28. The van der Waals surface area contributed by atoms with Gasteiger partial charge >= 0.3 is 17.9 Å². The lowest BCUT2D eigenvalue weighted by Crippen LogP contribution is -2.65. The van der Waals surface area contributed by atoms with Crippen LogP contribution in [0.3, 0.4) is 0 Å². The Hall–Kier alpha value is -2.24. The zero-order valence-corrected chi connectivity index (χ0v) is 21.9. The Morgan fingerprint density at radius 3 is 1.86 bits per heavy atom. The molecule has 2 saturated heterocycles. The number of amides is 1. The highest BCUT2D eigenvalue weighted by molar-refractivity contribution is 5.88. The maximum Gasteiger partial charge on any atom is 0.339 e. The molecule has 2 fully saturated rings. The van der Waals surface area contributed by atoms with E-state index in [9.17, 15) is 29.4 Å². The van der Waals surface area contributed by atoms with Gasteiger partial charge in [-0.3, -0.25) is 4.79 Å². The Bertz CT molecular complexity index is 774. The minimum absolute atomic E-state index is 0.0118. The van der Waals surface area contributed by atoms with Gasteiger partial charge in [0.25, 0.3) is 0 Å². The number of carbonyl (C=O) groups is 4. The lowest BCUT2D eigenvalue weighted by atomic mass is 9.94. The van der Waals surface area contributed by atoms with Gasteiger partial charge in [0.1, 0.15) is 0 Å². The molecule has 0 saturated carbocycles. The van der Waals surface area contributed by atoms with Gasteiger partial charge in [0, 0.05) is 13.0 Å². The first kappa shape index (κ1) is 31.0. The largest absolute Gasteiger partial charge is 0.479 e. The first-order valence-corrected chi connectivity index (χ1v) is 13.6. The van der Waals surface area contributed by atoms with Gasteiger partial charge in [0.05, 0.1) is 13.0 Å². The Balaban J connectivity index is 1.71. The van der Waals surface area contributed by atoms with E-state index in [4.69, 9.17) is 19.3 Å². The molecular formula is C26H43NO10. The normalized spacial score (nSPS) is 27.3. The van der Waals surface area contributed by atoms with Crippen LogP contribution in [0.4, 0.5) is 0 Å². The molecule has 212 valence electrons. The third kappa shape index (κ3) is 9.22. The predicted molar refractivity (Wildman–Crippen MR) is 132 cm³/mol. The SMILES string of the molecule is CCCCCCCCCCCCCCNC(=O)C[C@@]1(C(=O)O)CO[C@@]2(CC[C@H](C(=O)O)O2)[C@H](C(=O)O)O1. The Morgan fingerprint density at radius 1 is 0.811 bits per heavy atom. The molecule has 37 heavy (non-hydrogen) atoms. The summed E-state index contributed by atoms with van der Waals surface area (Å²) in [6, 6.07) is 0. The first-order valence-electron chi connectivity index (χ1n) is 13.6. The molecule has 0 aromatic rings. The van der Waals surface area contributed by atoms with Crippen molar-refractivity contribution in [1.29, 1.82) is 0 Å². The molecule has 2 rings (SSSR count). The fraction of sp³-hybridized carbons (Fsp3) is 0.846. The molecule has 0 unspecified atom stereocenters. The number of carboxylic acids is 3. The second-order valence-corrected chi connectivity index (χ2v) is 10.1. The van der Waals surface area contributed by atoms with E-state index in [1.54, 1.807) is 0 Å². The van der Waals surface area contributed by atoms with Gasteiger partial charge in [-0.25, -0.2) is 14.4 Å².